The number of ether oxygens (including phenoxy) is 2. The van der Waals surface area contributed by atoms with E-state index in [0.717, 1.165) is 31.2 Å². The van der Waals surface area contributed by atoms with Gasteiger partial charge in [-0.15, -0.1) is 0 Å². The lowest BCUT2D eigenvalue weighted by Gasteiger charge is -2.31. The van der Waals surface area contributed by atoms with Gasteiger partial charge in [0.25, 0.3) is 17.6 Å². The van der Waals surface area contributed by atoms with Crippen molar-refractivity contribution in [1.29, 1.82) is 0 Å². The van der Waals surface area contributed by atoms with Gasteiger partial charge in [0.05, 0.1) is 5.69 Å². The molecule has 1 spiro atoms. The maximum absolute atomic E-state index is 12.8. The van der Waals surface area contributed by atoms with Crippen molar-refractivity contribution in [1.82, 2.24) is 5.43 Å². The Labute approximate surface area is 180 Å². The number of hydrogen-bond acceptors (Lipinski definition) is 6. The second-order valence-corrected chi connectivity index (χ2v) is 8.13. The number of carbonyl (C=O) groups excluding carboxylic acids is 2. The van der Waals surface area contributed by atoms with E-state index in [1.807, 2.05) is 37.3 Å². The fourth-order valence-corrected chi connectivity index (χ4v) is 4.10. The number of fused-ring (bicyclic) bond motifs is 1. The van der Waals surface area contributed by atoms with E-state index in [2.05, 4.69) is 15.7 Å². The van der Waals surface area contributed by atoms with Gasteiger partial charge in [0.15, 0.2) is 11.5 Å². The molecule has 0 aromatic heterocycles. The Morgan fingerprint density at radius 1 is 1.06 bits per heavy atom. The van der Waals surface area contributed by atoms with Gasteiger partial charge in [-0.1, -0.05) is 24.1 Å². The van der Waals surface area contributed by atoms with Crippen molar-refractivity contribution in [3.8, 4) is 11.5 Å². The number of hydrogen-bond donors (Lipinski definition) is 2. The molecule has 2 heterocycles. The van der Waals surface area contributed by atoms with Crippen LogP contribution in [0.4, 0.5) is 11.4 Å². The van der Waals surface area contributed by atoms with Gasteiger partial charge in [0, 0.05) is 24.6 Å². The number of aliphatic imine (C=N–C) groups is 1. The highest BCUT2D eigenvalue weighted by Crippen LogP contribution is 2.46. The predicted octanol–water partition coefficient (Wildman–Crippen LogP) is 3.32. The third kappa shape index (κ3) is 3.81. The SMILES string of the molecule is Cc1ccc(N2NC(C(=O)Nc3ccc4c(c3)OC3(CCCCC3)O4)=NCC2=O)cc1. The Hall–Kier alpha value is -3.55. The molecule has 2 N–H and O–H groups in total. The van der Waals surface area contributed by atoms with Crippen LogP contribution in [0.3, 0.4) is 0 Å². The number of carbonyl (C=O) groups is 2. The topological polar surface area (TPSA) is 92.3 Å². The monoisotopic (exact) mass is 420 g/mol. The van der Waals surface area contributed by atoms with Crippen LogP contribution in [-0.2, 0) is 9.59 Å². The molecule has 2 amide bonds. The fraction of sp³-hybridized carbons (Fsp3) is 0.348. The molecule has 1 saturated carbocycles. The second-order valence-electron chi connectivity index (χ2n) is 8.13. The smallest absolute Gasteiger partial charge is 0.292 e. The van der Waals surface area contributed by atoms with Gasteiger partial charge in [0.1, 0.15) is 6.54 Å². The van der Waals surface area contributed by atoms with Crippen molar-refractivity contribution >= 4 is 29.0 Å². The molecule has 0 bridgehead atoms. The van der Waals surface area contributed by atoms with E-state index in [-0.39, 0.29) is 18.3 Å². The molecular weight excluding hydrogens is 396 g/mol. The molecule has 31 heavy (non-hydrogen) atoms. The predicted molar refractivity (Wildman–Crippen MR) is 116 cm³/mol. The summed E-state index contributed by atoms with van der Waals surface area (Å²) in [5, 5.41) is 4.16. The number of nitrogens with one attached hydrogen (secondary N) is 2. The number of anilines is 2. The normalized spacial score (nSPS) is 19.1. The quantitative estimate of drug-likeness (QED) is 0.795. The van der Waals surface area contributed by atoms with E-state index in [9.17, 15) is 9.59 Å². The highest BCUT2D eigenvalue weighted by atomic mass is 16.7. The molecule has 2 aliphatic heterocycles. The zero-order valence-corrected chi connectivity index (χ0v) is 17.3. The van der Waals surface area contributed by atoms with Gasteiger partial charge < -0.3 is 14.8 Å². The lowest BCUT2D eigenvalue weighted by molar-refractivity contribution is -0.118. The molecule has 1 fully saturated rings. The average molecular weight is 420 g/mol. The van der Waals surface area contributed by atoms with Crippen LogP contribution in [0, 0.1) is 6.92 Å². The summed E-state index contributed by atoms with van der Waals surface area (Å²) >= 11 is 0. The van der Waals surface area contributed by atoms with Crippen LogP contribution in [0.1, 0.15) is 37.7 Å². The first-order chi connectivity index (χ1) is 15.0. The summed E-state index contributed by atoms with van der Waals surface area (Å²) < 4.78 is 12.2. The zero-order chi connectivity index (χ0) is 21.4. The summed E-state index contributed by atoms with van der Waals surface area (Å²) in [7, 11) is 0. The molecule has 5 rings (SSSR count). The van der Waals surface area contributed by atoms with Gasteiger partial charge in [-0.2, -0.15) is 0 Å². The minimum Gasteiger partial charge on any atom is -0.448 e. The van der Waals surface area contributed by atoms with Gasteiger partial charge in [0.2, 0.25) is 5.84 Å². The standard InChI is InChI=1S/C23H24N4O4/c1-15-5-8-17(9-6-15)27-20(28)14-24-21(26-27)22(29)25-16-7-10-18-19(13-16)31-23(30-18)11-3-2-4-12-23/h5-10,13H,2-4,11-12,14H2,1H3,(H,24,26)(H,25,29). The number of benzene rings is 2. The van der Waals surface area contributed by atoms with E-state index < -0.39 is 11.7 Å². The lowest BCUT2D eigenvalue weighted by atomic mass is 9.94. The Morgan fingerprint density at radius 2 is 1.81 bits per heavy atom. The fourth-order valence-electron chi connectivity index (χ4n) is 4.10. The molecule has 160 valence electrons. The van der Waals surface area contributed by atoms with Crippen LogP contribution < -0.4 is 25.2 Å². The van der Waals surface area contributed by atoms with Crippen molar-refractivity contribution in [3.63, 3.8) is 0 Å². The molecule has 8 nitrogen and oxygen atoms in total. The van der Waals surface area contributed by atoms with Gasteiger partial charge >= 0.3 is 0 Å². The summed E-state index contributed by atoms with van der Waals surface area (Å²) in [5.41, 5.74) is 5.13. The number of rotatable bonds is 3. The van der Waals surface area contributed by atoms with Crippen molar-refractivity contribution in [2.75, 3.05) is 16.9 Å². The first-order valence-electron chi connectivity index (χ1n) is 10.6. The summed E-state index contributed by atoms with van der Waals surface area (Å²) in [4.78, 5) is 29.1. The third-order valence-electron chi connectivity index (χ3n) is 5.76. The first kappa shape index (κ1) is 19.4. The molecule has 0 unspecified atom stereocenters. The van der Waals surface area contributed by atoms with Crippen LogP contribution in [-0.4, -0.2) is 30.0 Å². The molecule has 0 saturated heterocycles. The van der Waals surface area contributed by atoms with Gasteiger partial charge in [-0.25, -0.2) is 5.01 Å². The summed E-state index contributed by atoms with van der Waals surface area (Å²) in [6.07, 6.45) is 5.10. The second kappa shape index (κ2) is 7.61. The number of hydrazine groups is 1. The Morgan fingerprint density at radius 3 is 2.58 bits per heavy atom. The zero-order valence-electron chi connectivity index (χ0n) is 17.3. The number of amides is 2. The summed E-state index contributed by atoms with van der Waals surface area (Å²) in [6.45, 7) is 1.87. The molecule has 0 radical (unpaired) electrons. The Balaban J connectivity index is 1.28. The molecule has 0 atom stereocenters. The molecular formula is C23H24N4O4. The minimum absolute atomic E-state index is 0.0709. The van der Waals surface area contributed by atoms with E-state index >= 15 is 0 Å². The molecule has 3 aliphatic rings. The maximum atomic E-state index is 12.8. The van der Waals surface area contributed by atoms with Crippen molar-refractivity contribution in [3.05, 3.63) is 48.0 Å². The third-order valence-corrected chi connectivity index (χ3v) is 5.76. The van der Waals surface area contributed by atoms with Gasteiger partial charge in [-0.05, 0) is 44.0 Å². The minimum atomic E-state index is -0.562. The van der Waals surface area contributed by atoms with Crippen LogP contribution in [0.2, 0.25) is 0 Å². The van der Waals surface area contributed by atoms with Crippen LogP contribution in [0.5, 0.6) is 11.5 Å². The highest BCUT2D eigenvalue weighted by Gasteiger charge is 2.42. The van der Waals surface area contributed by atoms with Crippen molar-refractivity contribution in [2.24, 2.45) is 4.99 Å². The van der Waals surface area contributed by atoms with Crippen LogP contribution in [0.25, 0.3) is 0 Å². The summed E-state index contributed by atoms with van der Waals surface area (Å²) in [6, 6.07) is 12.8. The summed E-state index contributed by atoms with van der Waals surface area (Å²) in [5.74, 6) is 0.172. The van der Waals surface area contributed by atoms with Crippen LogP contribution >= 0.6 is 0 Å². The molecule has 2 aromatic rings. The lowest BCUT2D eigenvalue weighted by Crippen LogP contribution is -2.54. The van der Waals surface area contributed by atoms with Crippen molar-refractivity contribution < 1.29 is 19.1 Å². The maximum Gasteiger partial charge on any atom is 0.292 e. The van der Waals surface area contributed by atoms with Gasteiger partial charge in [-0.3, -0.25) is 20.0 Å². The number of aryl methyl sites for hydroxylation is 1. The first-order valence-corrected chi connectivity index (χ1v) is 10.6. The molecule has 8 heteroatoms. The van der Waals surface area contributed by atoms with Crippen molar-refractivity contribution in [2.45, 2.75) is 44.8 Å². The Bertz CT molecular complexity index is 1060. The number of amidine groups is 1. The average Bonchev–Trinajstić information content (AvgIpc) is 3.11. The van der Waals surface area contributed by atoms with Crippen LogP contribution in [0.15, 0.2) is 47.5 Å². The Kier molecular flexibility index (Phi) is 4.77. The molecule has 2 aromatic carbocycles. The molecule has 1 aliphatic carbocycles. The van der Waals surface area contributed by atoms with E-state index in [4.69, 9.17) is 9.47 Å². The van der Waals surface area contributed by atoms with E-state index in [1.165, 1.54) is 11.4 Å². The van der Waals surface area contributed by atoms with E-state index in [1.54, 1.807) is 12.1 Å². The number of nitrogens with zero attached hydrogens (tertiary/aromatic N) is 2. The highest BCUT2D eigenvalue weighted by molar-refractivity contribution is 6.43. The van der Waals surface area contributed by atoms with E-state index in [0.29, 0.717) is 22.9 Å². The largest absolute Gasteiger partial charge is 0.448 e.